The third kappa shape index (κ3) is 3.55. The van der Waals surface area contributed by atoms with Crippen LogP contribution in [0.2, 0.25) is 0 Å². The fourth-order valence-electron chi connectivity index (χ4n) is 1.80. The van der Waals surface area contributed by atoms with Crippen molar-refractivity contribution in [1.82, 2.24) is 0 Å². The van der Waals surface area contributed by atoms with E-state index in [1.807, 2.05) is 48.6 Å². The van der Waals surface area contributed by atoms with Crippen LogP contribution >= 0.6 is 15.9 Å². The summed E-state index contributed by atoms with van der Waals surface area (Å²) in [5.41, 5.74) is 3.21. The monoisotopic (exact) mass is 316 g/mol. The van der Waals surface area contributed by atoms with Crippen molar-refractivity contribution in [3.63, 3.8) is 0 Å². The minimum atomic E-state index is -0.888. The van der Waals surface area contributed by atoms with Crippen LogP contribution in [0.5, 0.6) is 0 Å². The van der Waals surface area contributed by atoms with Gasteiger partial charge in [-0.25, -0.2) is 4.79 Å². The number of carboxylic acids is 1. The van der Waals surface area contributed by atoms with Crippen molar-refractivity contribution in [2.75, 3.05) is 0 Å². The van der Waals surface area contributed by atoms with Crippen molar-refractivity contribution in [3.8, 4) is 0 Å². The van der Waals surface area contributed by atoms with Crippen LogP contribution in [0.15, 0.2) is 46.9 Å². The normalized spacial score (nSPS) is 10.8. The van der Waals surface area contributed by atoms with E-state index in [9.17, 15) is 4.79 Å². The molecule has 0 radical (unpaired) electrons. The molecule has 0 bridgehead atoms. The zero-order chi connectivity index (χ0) is 13.8. The van der Waals surface area contributed by atoms with Crippen LogP contribution in [-0.4, -0.2) is 11.1 Å². The lowest BCUT2D eigenvalue weighted by Gasteiger charge is -2.02. The molecule has 0 spiro atoms. The maximum absolute atomic E-state index is 10.9. The smallest absolute Gasteiger partial charge is 0.335 e. The van der Waals surface area contributed by atoms with Crippen LogP contribution in [0, 0.1) is 6.92 Å². The highest BCUT2D eigenvalue weighted by molar-refractivity contribution is 9.10. The second-order valence-electron chi connectivity index (χ2n) is 4.26. The maximum atomic E-state index is 10.9. The summed E-state index contributed by atoms with van der Waals surface area (Å²) in [5, 5.41) is 8.97. The largest absolute Gasteiger partial charge is 0.478 e. The zero-order valence-corrected chi connectivity index (χ0v) is 12.0. The molecular formula is C16H13BrO2. The number of rotatable bonds is 3. The molecule has 0 atom stereocenters. The third-order valence-electron chi connectivity index (χ3n) is 2.82. The molecule has 0 aliphatic carbocycles. The van der Waals surface area contributed by atoms with E-state index in [0.717, 1.165) is 21.2 Å². The van der Waals surface area contributed by atoms with Crippen LogP contribution < -0.4 is 0 Å². The van der Waals surface area contributed by atoms with E-state index < -0.39 is 5.97 Å². The third-order valence-corrected chi connectivity index (χ3v) is 3.35. The van der Waals surface area contributed by atoms with Gasteiger partial charge in [0.15, 0.2) is 0 Å². The molecule has 0 saturated heterocycles. The van der Waals surface area contributed by atoms with E-state index >= 15 is 0 Å². The zero-order valence-electron chi connectivity index (χ0n) is 10.4. The number of aryl methyl sites for hydroxylation is 1. The molecule has 0 fully saturated rings. The van der Waals surface area contributed by atoms with Gasteiger partial charge in [0.05, 0.1) is 5.56 Å². The minimum absolute atomic E-state index is 0.348. The maximum Gasteiger partial charge on any atom is 0.335 e. The van der Waals surface area contributed by atoms with E-state index in [0.29, 0.717) is 5.56 Å². The molecule has 0 aliphatic rings. The fraction of sp³-hybridized carbons (Fsp3) is 0.0625. The fourth-order valence-corrected chi connectivity index (χ4v) is 2.06. The topological polar surface area (TPSA) is 37.3 Å². The Hall–Kier alpha value is -1.87. The van der Waals surface area contributed by atoms with Gasteiger partial charge in [-0.1, -0.05) is 52.3 Å². The Labute approximate surface area is 120 Å². The summed E-state index contributed by atoms with van der Waals surface area (Å²) >= 11 is 3.39. The van der Waals surface area contributed by atoms with Gasteiger partial charge in [0.2, 0.25) is 0 Å². The standard InChI is InChI=1S/C16H13BrO2/c1-11-10-13(6-9-15(11)16(18)19)3-2-12-4-7-14(17)8-5-12/h2-10H,1H3,(H,18,19)/b3-2+. The molecule has 0 aromatic heterocycles. The van der Waals surface area contributed by atoms with Crippen molar-refractivity contribution < 1.29 is 9.90 Å². The molecule has 2 nitrogen and oxygen atoms in total. The number of halogens is 1. The SMILES string of the molecule is Cc1cc(/C=C/c2ccc(Br)cc2)ccc1C(=O)O. The van der Waals surface area contributed by atoms with E-state index in [4.69, 9.17) is 5.11 Å². The summed E-state index contributed by atoms with van der Waals surface area (Å²) in [6.45, 7) is 1.81. The average Bonchev–Trinajstić information content (AvgIpc) is 2.37. The lowest BCUT2D eigenvalue weighted by molar-refractivity contribution is 0.0696. The summed E-state index contributed by atoms with van der Waals surface area (Å²) in [4.78, 5) is 10.9. The molecule has 96 valence electrons. The van der Waals surface area contributed by atoms with Gasteiger partial charge in [-0.05, 0) is 41.8 Å². The van der Waals surface area contributed by atoms with Gasteiger partial charge in [-0.2, -0.15) is 0 Å². The number of hydrogen-bond donors (Lipinski definition) is 1. The number of carboxylic acid groups (broad SMARTS) is 1. The number of benzene rings is 2. The lowest BCUT2D eigenvalue weighted by Crippen LogP contribution is -1.99. The Balaban J connectivity index is 2.22. The second-order valence-corrected chi connectivity index (χ2v) is 5.18. The van der Waals surface area contributed by atoms with Crippen LogP contribution in [0.4, 0.5) is 0 Å². The van der Waals surface area contributed by atoms with Crippen molar-refractivity contribution in [2.45, 2.75) is 6.92 Å². The number of hydrogen-bond acceptors (Lipinski definition) is 1. The first-order valence-corrected chi connectivity index (χ1v) is 6.63. The molecule has 19 heavy (non-hydrogen) atoms. The molecule has 0 unspecified atom stereocenters. The van der Waals surface area contributed by atoms with E-state index in [2.05, 4.69) is 15.9 Å². The van der Waals surface area contributed by atoms with Crippen LogP contribution in [0.25, 0.3) is 12.2 Å². The average molecular weight is 317 g/mol. The second kappa shape index (κ2) is 5.85. The summed E-state index contributed by atoms with van der Waals surface area (Å²) < 4.78 is 1.05. The summed E-state index contributed by atoms with van der Waals surface area (Å²) in [5.74, 6) is -0.888. The molecule has 0 heterocycles. The predicted octanol–water partition coefficient (Wildman–Crippen LogP) is 4.63. The number of aromatic carboxylic acids is 1. The first-order chi connectivity index (χ1) is 9.06. The molecule has 0 aliphatic heterocycles. The molecule has 0 saturated carbocycles. The van der Waals surface area contributed by atoms with Gasteiger partial charge in [-0.15, -0.1) is 0 Å². The van der Waals surface area contributed by atoms with Crippen molar-refractivity contribution in [3.05, 3.63) is 69.2 Å². The highest BCUT2D eigenvalue weighted by Gasteiger charge is 2.05. The Morgan fingerprint density at radius 3 is 2.21 bits per heavy atom. The summed E-state index contributed by atoms with van der Waals surface area (Å²) in [6, 6.07) is 13.3. The Morgan fingerprint density at radius 2 is 1.63 bits per heavy atom. The van der Waals surface area contributed by atoms with Gasteiger partial charge < -0.3 is 5.11 Å². The highest BCUT2D eigenvalue weighted by atomic mass is 79.9. The quantitative estimate of drug-likeness (QED) is 0.838. The Morgan fingerprint density at radius 1 is 1.05 bits per heavy atom. The summed E-state index contributed by atoms with van der Waals surface area (Å²) in [7, 11) is 0. The van der Waals surface area contributed by atoms with Gasteiger partial charge in [0, 0.05) is 4.47 Å². The van der Waals surface area contributed by atoms with Gasteiger partial charge in [0.25, 0.3) is 0 Å². The van der Waals surface area contributed by atoms with Crippen molar-refractivity contribution >= 4 is 34.1 Å². The highest BCUT2D eigenvalue weighted by Crippen LogP contribution is 2.15. The first-order valence-electron chi connectivity index (χ1n) is 5.84. The molecule has 0 amide bonds. The predicted molar refractivity (Wildman–Crippen MR) is 81.2 cm³/mol. The van der Waals surface area contributed by atoms with Crippen LogP contribution in [0.3, 0.4) is 0 Å². The minimum Gasteiger partial charge on any atom is -0.478 e. The molecule has 2 aromatic carbocycles. The van der Waals surface area contributed by atoms with E-state index in [1.54, 1.807) is 13.0 Å². The first kappa shape index (κ1) is 13.6. The van der Waals surface area contributed by atoms with Gasteiger partial charge in [0.1, 0.15) is 0 Å². The number of carbonyl (C=O) groups is 1. The van der Waals surface area contributed by atoms with Crippen molar-refractivity contribution in [1.29, 1.82) is 0 Å². The van der Waals surface area contributed by atoms with E-state index in [-0.39, 0.29) is 0 Å². The van der Waals surface area contributed by atoms with Gasteiger partial charge in [-0.3, -0.25) is 0 Å². The molecule has 2 aromatic rings. The van der Waals surface area contributed by atoms with Crippen LogP contribution in [-0.2, 0) is 0 Å². The summed E-state index contributed by atoms with van der Waals surface area (Å²) in [6.07, 6.45) is 3.98. The Kier molecular flexibility index (Phi) is 4.17. The van der Waals surface area contributed by atoms with Gasteiger partial charge >= 0.3 is 5.97 Å². The van der Waals surface area contributed by atoms with Crippen molar-refractivity contribution in [2.24, 2.45) is 0 Å². The molecule has 1 N–H and O–H groups in total. The van der Waals surface area contributed by atoms with E-state index in [1.165, 1.54) is 0 Å². The molecule has 2 rings (SSSR count). The lowest BCUT2D eigenvalue weighted by atomic mass is 10.0. The molecular weight excluding hydrogens is 304 g/mol. The molecule has 3 heteroatoms. The van der Waals surface area contributed by atoms with Crippen LogP contribution in [0.1, 0.15) is 27.0 Å². The Bertz CT molecular complexity index is 628.